The van der Waals surface area contributed by atoms with Crippen molar-refractivity contribution in [2.45, 2.75) is 44.8 Å². The summed E-state index contributed by atoms with van der Waals surface area (Å²) in [4.78, 5) is 19.6. The number of amides is 1. The van der Waals surface area contributed by atoms with E-state index in [1.807, 2.05) is 38.3 Å². The Kier molecular flexibility index (Phi) is 5.54. The number of piperidine rings is 1. The van der Waals surface area contributed by atoms with E-state index in [1.165, 1.54) is 12.1 Å². The summed E-state index contributed by atoms with van der Waals surface area (Å²) in [6, 6.07) is 8.35. The van der Waals surface area contributed by atoms with Gasteiger partial charge in [-0.1, -0.05) is 6.07 Å². The summed E-state index contributed by atoms with van der Waals surface area (Å²) >= 11 is 0. The van der Waals surface area contributed by atoms with E-state index in [0.29, 0.717) is 22.6 Å². The van der Waals surface area contributed by atoms with Gasteiger partial charge in [0.15, 0.2) is 0 Å². The van der Waals surface area contributed by atoms with E-state index in [9.17, 15) is 14.3 Å². The Hall–Kier alpha value is -3.03. The van der Waals surface area contributed by atoms with E-state index in [2.05, 4.69) is 15.2 Å². The topological polar surface area (TPSA) is 74.7 Å². The molecule has 0 radical (unpaired) electrons. The van der Waals surface area contributed by atoms with Crippen LogP contribution in [0.5, 0.6) is 0 Å². The third kappa shape index (κ3) is 4.30. The third-order valence-electron chi connectivity index (χ3n) is 6.64. The van der Waals surface area contributed by atoms with Crippen LogP contribution in [0.15, 0.2) is 48.4 Å². The highest BCUT2D eigenvalue weighted by atomic mass is 19.1. The van der Waals surface area contributed by atoms with Crippen LogP contribution >= 0.6 is 0 Å². The van der Waals surface area contributed by atoms with Gasteiger partial charge in [0.1, 0.15) is 17.2 Å². The number of fused-ring (bicyclic) bond motifs is 1. The molecule has 172 valence electrons. The largest absolute Gasteiger partial charge is 0.482 e. The summed E-state index contributed by atoms with van der Waals surface area (Å²) in [5.74, 6) is -0.208. The van der Waals surface area contributed by atoms with Crippen molar-refractivity contribution in [3.05, 3.63) is 71.0 Å². The van der Waals surface area contributed by atoms with Gasteiger partial charge in [-0.15, -0.1) is 0 Å². The molecule has 0 saturated carbocycles. The van der Waals surface area contributed by atoms with E-state index in [0.717, 1.165) is 55.7 Å². The Balaban J connectivity index is 1.36. The Bertz CT molecular complexity index is 1150. The summed E-state index contributed by atoms with van der Waals surface area (Å²) in [6.07, 6.45) is 6.13. The number of nitrogens with zero attached hydrogens (tertiary/aromatic N) is 2. The highest BCUT2D eigenvalue weighted by molar-refractivity contribution is 6.32. The molecular formula is C26H28FN3O3. The van der Waals surface area contributed by atoms with Gasteiger partial charge in [0.05, 0.1) is 17.4 Å². The van der Waals surface area contributed by atoms with Crippen LogP contribution in [-0.4, -0.2) is 52.2 Å². The zero-order valence-electron chi connectivity index (χ0n) is 18.9. The number of carbonyl (C=O) groups excluding carboxylic acids is 1. The first-order chi connectivity index (χ1) is 15.8. The normalized spacial score (nSPS) is 22.7. The lowest BCUT2D eigenvalue weighted by atomic mass is 9.93. The molecule has 0 aliphatic carbocycles. The lowest BCUT2D eigenvalue weighted by Crippen LogP contribution is -2.37. The van der Waals surface area contributed by atoms with Crippen molar-refractivity contribution in [3.8, 4) is 0 Å². The summed E-state index contributed by atoms with van der Waals surface area (Å²) in [6.45, 7) is 6.71. The Morgan fingerprint density at radius 1 is 1.24 bits per heavy atom. The van der Waals surface area contributed by atoms with E-state index < -0.39 is 11.4 Å². The zero-order valence-corrected chi connectivity index (χ0v) is 18.9. The number of pyridine rings is 1. The first-order valence-corrected chi connectivity index (χ1v) is 11.4. The van der Waals surface area contributed by atoms with Crippen molar-refractivity contribution in [1.29, 1.82) is 0 Å². The number of hydrogen-bond acceptors (Lipinski definition) is 5. The number of hydrogen-bond donors (Lipinski definition) is 2. The van der Waals surface area contributed by atoms with Gasteiger partial charge in [-0.05, 0) is 57.0 Å². The fourth-order valence-electron chi connectivity index (χ4n) is 4.76. The molecule has 3 aliphatic heterocycles. The molecule has 1 fully saturated rings. The van der Waals surface area contributed by atoms with Crippen LogP contribution in [0.4, 0.5) is 10.1 Å². The van der Waals surface area contributed by atoms with Gasteiger partial charge in [-0.25, -0.2) is 4.39 Å². The van der Waals surface area contributed by atoms with Crippen molar-refractivity contribution < 1.29 is 19.0 Å². The second-order valence-electron chi connectivity index (χ2n) is 9.41. The number of likely N-dealkylation sites (tertiary alicyclic amines) is 1. The number of allylic oxidation sites excluding steroid dienone is 1. The van der Waals surface area contributed by atoms with Gasteiger partial charge < -0.3 is 20.1 Å². The van der Waals surface area contributed by atoms with Crippen molar-refractivity contribution in [2.24, 2.45) is 0 Å². The van der Waals surface area contributed by atoms with Gasteiger partial charge in [0.25, 0.3) is 5.91 Å². The second-order valence-corrected chi connectivity index (χ2v) is 9.41. The van der Waals surface area contributed by atoms with Crippen LogP contribution in [-0.2, 0) is 16.0 Å². The minimum absolute atomic E-state index is 0.159. The molecule has 4 heterocycles. The van der Waals surface area contributed by atoms with Crippen LogP contribution in [0.2, 0.25) is 0 Å². The number of anilines is 1. The molecule has 0 bridgehead atoms. The summed E-state index contributed by atoms with van der Waals surface area (Å²) < 4.78 is 19.8. The number of nitrogens with one attached hydrogen (secondary N) is 1. The molecule has 0 atom stereocenters. The van der Waals surface area contributed by atoms with Gasteiger partial charge in [0.2, 0.25) is 0 Å². The molecule has 2 aromatic rings. The second kappa shape index (κ2) is 8.39. The predicted octanol–water partition coefficient (Wildman–Crippen LogP) is 3.78. The number of benzene rings is 1. The van der Waals surface area contributed by atoms with Crippen LogP contribution < -0.4 is 5.32 Å². The van der Waals surface area contributed by atoms with E-state index in [4.69, 9.17) is 4.74 Å². The minimum atomic E-state index is -0.636. The Labute approximate surface area is 192 Å². The van der Waals surface area contributed by atoms with Crippen LogP contribution in [0.3, 0.4) is 0 Å². The minimum Gasteiger partial charge on any atom is -0.482 e. The number of ether oxygens (including phenoxy) is 1. The van der Waals surface area contributed by atoms with Gasteiger partial charge in [-0.2, -0.15) is 0 Å². The number of aromatic nitrogens is 1. The number of aliphatic hydroxyl groups is 1. The average molecular weight is 450 g/mol. The summed E-state index contributed by atoms with van der Waals surface area (Å²) in [5.41, 5.74) is 3.79. The quantitative estimate of drug-likeness (QED) is 0.695. The van der Waals surface area contributed by atoms with Crippen molar-refractivity contribution >= 4 is 22.7 Å². The lowest BCUT2D eigenvalue weighted by Gasteiger charge is -2.29. The molecule has 6 nitrogen and oxygen atoms in total. The Morgan fingerprint density at radius 2 is 2.03 bits per heavy atom. The molecule has 5 rings (SSSR count). The highest BCUT2D eigenvalue weighted by Crippen LogP contribution is 2.44. The molecule has 33 heavy (non-hydrogen) atoms. The number of rotatable bonds is 4. The number of carbonyl (C=O) groups is 1. The molecule has 3 aliphatic rings. The first-order valence-electron chi connectivity index (χ1n) is 11.4. The fraction of sp³-hybridized carbons (Fsp3) is 0.385. The van der Waals surface area contributed by atoms with Gasteiger partial charge >= 0.3 is 0 Å². The zero-order chi connectivity index (χ0) is 23.2. The molecule has 7 heteroatoms. The maximum absolute atomic E-state index is 13.6. The smallest absolute Gasteiger partial charge is 0.260 e. The number of halogens is 1. The standard InChI is InChI=1S/C26H28FN3O3/c1-26(2)21(14-23(33-26)24-20-6-4-17(27)13-22(20)29-25(24)32)16-3-5-18(28-15-16)7-10-30-11-8-19(31)9-12-30/h3-6,13-15,19,31H,7-12H2,1-2H3,(H,29,32)/b24-23+. The van der Waals surface area contributed by atoms with E-state index >= 15 is 0 Å². The maximum atomic E-state index is 13.6. The van der Waals surface area contributed by atoms with Crippen LogP contribution in [0.1, 0.15) is 43.5 Å². The lowest BCUT2D eigenvalue weighted by molar-refractivity contribution is -0.111. The average Bonchev–Trinajstić information content (AvgIpc) is 3.27. The SMILES string of the molecule is CC1(C)O/C(=C2/C(=O)Nc3cc(F)ccc32)C=C1c1ccc(CCN2CCC(O)CC2)nc1. The molecule has 0 unspecified atom stereocenters. The maximum Gasteiger partial charge on any atom is 0.260 e. The fourth-order valence-corrected chi connectivity index (χ4v) is 4.76. The molecule has 1 aromatic carbocycles. The molecule has 2 N–H and O–H groups in total. The monoisotopic (exact) mass is 449 g/mol. The van der Waals surface area contributed by atoms with Gasteiger partial charge in [0, 0.05) is 54.6 Å². The number of aliphatic hydroxyl groups excluding tert-OH is 1. The Morgan fingerprint density at radius 3 is 2.76 bits per heavy atom. The third-order valence-corrected chi connectivity index (χ3v) is 6.64. The van der Waals surface area contributed by atoms with Crippen molar-refractivity contribution in [1.82, 2.24) is 9.88 Å². The van der Waals surface area contributed by atoms with E-state index in [-0.39, 0.29) is 12.0 Å². The highest BCUT2D eigenvalue weighted by Gasteiger charge is 2.38. The van der Waals surface area contributed by atoms with Crippen molar-refractivity contribution in [2.75, 3.05) is 25.0 Å². The first kappa shape index (κ1) is 21.8. The van der Waals surface area contributed by atoms with Crippen LogP contribution in [0, 0.1) is 5.82 Å². The summed E-state index contributed by atoms with van der Waals surface area (Å²) in [7, 11) is 0. The summed E-state index contributed by atoms with van der Waals surface area (Å²) in [5, 5.41) is 12.4. The van der Waals surface area contributed by atoms with E-state index in [1.54, 1.807) is 6.07 Å². The molecule has 1 aromatic heterocycles. The molecule has 0 spiro atoms. The van der Waals surface area contributed by atoms with Crippen LogP contribution in [0.25, 0.3) is 11.1 Å². The molecule has 1 saturated heterocycles. The van der Waals surface area contributed by atoms with Crippen molar-refractivity contribution in [3.63, 3.8) is 0 Å². The van der Waals surface area contributed by atoms with Gasteiger partial charge in [-0.3, -0.25) is 9.78 Å². The molecule has 1 amide bonds. The molecular weight excluding hydrogens is 421 g/mol. The predicted molar refractivity (Wildman–Crippen MR) is 125 cm³/mol.